The van der Waals surface area contributed by atoms with Crippen LogP contribution in [0.2, 0.25) is 0 Å². The maximum absolute atomic E-state index is 12.1. The molecule has 3 aliphatic heterocycles. The summed E-state index contributed by atoms with van der Waals surface area (Å²) >= 11 is 0. The molecule has 0 aliphatic carbocycles. The van der Waals surface area contributed by atoms with Crippen molar-refractivity contribution >= 4 is 27.2 Å². The third-order valence-electron chi connectivity index (χ3n) is 6.09. The van der Waals surface area contributed by atoms with E-state index in [1.54, 1.807) is 0 Å². The number of nitrogens with one attached hydrogen (secondary N) is 1. The molecule has 0 spiro atoms. The van der Waals surface area contributed by atoms with E-state index in [2.05, 4.69) is 39.4 Å². The topological polar surface area (TPSA) is 93.2 Å². The quantitative estimate of drug-likeness (QED) is 0.728. The molecule has 2 N–H and O–H groups in total. The minimum atomic E-state index is -2.86. The Bertz CT molecular complexity index is 786. The van der Waals surface area contributed by atoms with Crippen LogP contribution < -0.4 is 15.1 Å². The highest BCUT2D eigenvalue weighted by Crippen LogP contribution is 2.34. The zero-order valence-electron chi connectivity index (χ0n) is 16.0. The summed E-state index contributed by atoms with van der Waals surface area (Å²) in [5.74, 6) is 1.41. The Morgan fingerprint density at radius 3 is 2.04 bits per heavy atom. The SMILES string of the molecule is O=C(NCCO)N1C[C@@H]2CN(c3ccc(N4CCS(=O)(=O)CC4)cc3)C[C@@H]2C1. The summed E-state index contributed by atoms with van der Waals surface area (Å²) in [7, 11) is -2.86. The molecule has 154 valence electrons. The fourth-order valence-corrected chi connectivity index (χ4v) is 5.69. The molecule has 2 amide bonds. The maximum atomic E-state index is 12.1. The number of rotatable bonds is 4. The van der Waals surface area contributed by atoms with Gasteiger partial charge in [0.05, 0.1) is 18.1 Å². The Kier molecular flexibility index (Phi) is 5.37. The van der Waals surface area contributed by atoms with Crippen LogP contribution in [-0.4, -0.2) is 88.4 Å². The first-order valence-corrected chi connectivity index (χ1v) is 11.7. The Morgan fingerprint density at radius 2 is 1.50 bits per heavy atom. The Balaban J connectivity index is 1.32. The average Bonchev–Trinajstić information content (AvgIpc) is 3.25. The van der Waals surface area contributed by atoms with Gasteiger partial charge in [-0.25, -0.2) is 13.2 Å². The van der Waals surface area contributed by atoms with E-state index >= 15 is 0 Å². The molecule has 3 heterocycles. The molecule has 0 bridgehead atoms. The Morgan fingerprint density at radius 1 is 0.964 bits per heavy atom. The second-order valence-corrected chi connectivity index (χ2v) is 10.2. The fraction of sp³-hybridized carbons (Fsp3) is 0.632. The summed E-state index contributed by atoms with van der Waals surface area (Å²) in [6, 6.07) is 8.31. The molecular formula is C19H28N4O4S. The predicted octanol–water partition coefficient (Wildman–Crippen LogP) is -0.00870. The summed E-state index contributed by atoms with van der Waals surface area (Å²) in [6.45, 7) is 4.78. The molecule has 0 aromatic heterocycles. The van der Waals surface area contributed by atoms with Crippen LogP contribution >= 0.6 is 0 Å². The number of aliphatic hydroxyl groups is 1. The standard InChI is InChI=1S/C19H28N4O4S/c24-8-5-20-19(25)23-13-15-11-22(12-16(15)14-23)18-3-1-17(2-4-18)21-6-9-28(26,27)10-7-21/h1-4,15-16,24H,5-14H2,(H,20,25)/t15-,16+. The first-order valence-electron chi connectivity index (χ1n) is 9.89. The van der Waals surface area contributed by atoms with E-state index < -0.39 is 9.84 Å². The highest BCUT2D eigenvalue weighted by Gasteiger charge is 2.41. The number of sulfone groups is 1. The van der Waals surface area contributed by atoms with Crippen LogP contribution in [0.25, 0.3) is 0 Å². The minimum Gasteiger partial charge on any atom is -0.395 e. The smallest absolute Gasteiger partial charge is 0.317 e. The van der Waals surface area contributed by atoms with E-state index in [9.17, 15) is 13.2 Å². The van der Waals surface area contributed by atoms with Gasteiger partial charge in [0.1, 0.15) is 0 Å². The Labute approximate surface area is 166 Å². The van der Waals surface area contributed by atoms with Gasteiger partial charge >= 0.3 is 6.03 Å². The lowest BCUT2D eigenvalue weighted by atomic mass is 10.0. The number of hydrogen-bond acceptors (Lipinski definition) is 6. The van der Waals surface area contributed by atoms with E-state index in [1.165, 1.54) is 5.69 Å². The third kappa shape index (κ3) is 4.05. The van der Waals surface area contributed by atoms with Gasteiger partial charge in [0.15, 0.2) is 9.84 Å². The summed E-state index contributed by atoms with van der Waals surface area (Å²) < 4.78 is 23.2. The van der Waals surface area contributed by atoms with Gasteiger partial charge in [-0.3, -0.25) is 0 Å². The third-order valence-corrected chi connectivity index (χ3v) is 7.70. The van der Waals surface area contributed by atoms with E-state index in [4.69, 9.17) is 5.11 Å². The van der Waals surface area contributed by atoms with Gasteiger partial charge in [-0.1, -0.05) is 0 Å². The van der Waals surface area contributed by atoms with E-state index in [-0.39, 0.29) is 24.1 Å². The number of carbonyl (C=O) groups is 1. The van der Waals surface area contributed by atoms with Gasteiger partial charge < -0.3 is 25.1 Å². The summed E-state index contributed by atoms with van der Waals surface area (Å²) in [4.78, 5) is 18.4. The number of likely N-dealkylation sites (tertiary alicyclic amines) is 1. The zero-order chi connectivity index (χ0) is 19.7. The number of nitrogens with zero attached hydrogens (tertiary/aromatic N) is 3. The van der Waals surface area contributed by atoms with E-state index in [0.29, 0.717) is 31.5 Å². The first-order chi connectivity index (χ1) is 13.4. The van der Waals surface area contributed by atoms with Crippen molar-refractivity contribution in [2.75, 3.05) is 73.7 Å². The second-order valence-electron chi connectivity index (χ2n) is 7.94. The molecule has 1 aromatic carbocycles. The molecule has 3 aliphatic rings. The number of aliphatic hydroxyl groups excluding tert-OH is 1. The molecule has 0 saturated carbocycles. The number of fused-ring (bicyclic) bond motifs is 1. The second kappa shape index (κ2) is 7.79. The highest BCUT2D eigenvalue weighted by atomic mass is 32.2. The van der Waals surface area contributed by atoms with Crippen molar-refractivity contribution in [3.63, 3.8) is 0 Å². The normalized spacial score (nSPS) is 26.4. The number of carbonyl (C=O) groups excluding carboxylic acids is 1. The zero-order valence-corrected chi connectivity index (χ0v) is 16.8. The highest BCUT2D eigenvalue weighted by molar-refractivity contribution is 7.91. The number of anilines is 2. The van der Waals surface area contributed by atoms with Gasteiger partial charge in [-0.2, -0.15) is 0 Å². The lowest BCUT2D eigenvalue weighted by Gasteiger charge is -2.29. The molecule has 0 unspecified atom stereocenters. The van der Waals surface area contributed by atoms with Crippen LogP contribution in [0.1, 0.15) is 0 Å². The number of urea groups is 1. The molecule has 3 fully saturated rings. The predicted molar refractivity (Wildman–Crippen MR) is 109 cm³/mol. The van der Waals surface area contributed by atoms with E-state index in [1.807, 2.05) is 4.90 Å². The lowest BCUT2D eigenvalue weighted by molar-refractivity contribution is 0.201. The largest absolute Gasteiger partial charge is 0.395 e. The molecule has 4 rings (SSSR count). The summed E-state index contributed by atoms with van der Waals surface area (Å²) in [5.41, 5.74) is 2.25. The monoisotopic (exact) mass is 408 g/mol. The van der Waals surface area contributed by atoms with Crippen molar-refractivity contribution < 1.29 is 18.3 Å². The van der Waals surface area contributed by atoms with Crippen molar-refractivity contribution in [1.82, 2.24) is 10.2 Å². The molecule has 1 aromatic rings. The number of amides is 2. The van der Waals surface area contributed by atoms with Crippen molar-refractivity contribution in [2.45, 2.75) is 0 Å². The first kappa shape index (κ1) is 19.3. The molecule has 9 heteroatoms. The van der Waals surface area contributed by atoms with Crippen LogP contribution in [0.5, 0.6) is 0 Å². The van der Waals surface area contributed by atoms with Gasteiger partial charge in [-0.05, 0) is 24.3 Å². The molecular weight excluding hydrogens is 380 g/mol. The lowest BCUT2D eigenvalue weighted by Crippen LogP contribution is -2.41. The minimum absolute atomic E-state index is 0.0382. The molecule has 8 nitrogen and oxygen atoms in total. The van der Waals surface area contributed by atoms with Crippen molar-refractivity contribution in [3.8, 4) is 0 Å². The van der Waals surface area contributed by atoms with Gasteiger partial charge in [-0.15, -0.1) is 0 Å². The van der Waals surface area contributed by atoms with E-state index in [0.717, 1.165) is 31.9 Å². The van der Waals surface area contributed by atoms with Crippen molar-refractivity contribution in [3.05, 3.63) is 24.3 Å². The molecule has 2 atom stereocenters. The number of hydrogen-bond donors (Lipinski definition) is 2. The van der Waals surface area contributed by atoms with Gasteiger partial charge in [0.2, 0.25) is 0 Å². The average molecular weight is 409 g/mol. The molecule has 0 radical (unpaired) electrons. The number of benzene rings is 1. The summed E-state index contributed by atoms with van der Waals surface area (Å²) in [6.07, 6.45) is 0. The summed E-state index contributed by atoms with van der Waals surface area (Å²) in [5, 5.41) is 11.6. The molecule has 3 saturated heterocycles. The van der Waals surface area contributed by atoms with Crippen molar-refractivity contribution in [2.24, 2.45) is 11.8 Å². The van der Waals surface area contributed by atoms with Crippen LogP contribution in [0, 0.1) is 11.8 Å². The van der Waals surface area contributed by atoms with Crippen molar-refractivity contribution in [1.29, 1.82) is 0 Å². The van der Waals surface area contributed by atoms with Gasteiger partial charge in [0.25, 0.3) is 0 Å². The van der Waals surface area contributed by atoms with Crippen LogP contribution in [0.3, 0.4) is 0 Å². The molecule has 28 heavy (non-hydrogen) atoms. The maximum Gasteiger partial charge on any atom is 0.317 e. The van der Waals surface area contributed by atoms with Crippen LogP contribution in [0.4, 0.5) is 16.2 Å². The van der Waals surface area contributed by atoms with Crippen LogP contribution in [0.15, 0.2) is 24.3 Å². The Hall–Kier alpha value is -2.00. The fourth-order valence-electron chi connectivity index (χ4n) is 4.49. The van der Waals surface area contributed by atoms with Crippen LogP contribution in [-0.2, 0) is 9.84 Å². The van der Waals surface area contributed by atoms with Gasteiger partial charge in [0, 0.05) is 69.0 Å².